The number of hydrogen-bond donors (Lipinski definition) is 0. The fourth-order valence-corrected chi connectivity index (χ4v) is 5.69. The molecule has 0 radical (unpaired) electrons. The van der Waals surface area contributed by atoms with Crippen molar-refractivity contribution in [3.63, 3.8) is 0 Å². The molecular formula is C27H37F2N. The van der Waals surface area contributed by atoms with Crippen LogP contribution in [0.4, 0.5) is 8.78 Å². The van der Waals surface area contributed by atoms with Crippen LogP contribution in [0.15, 0.2) is 36.2 Å². The Labute approximate surface area is 181 Å². The van der Waals surface area contributed by atoms with Gasteiger partial charge in [-0.05, 0) is 86.0 Å². The SMILES string of the molecule is N#CC(F)=CCCC1CCC(CCCCC2CCC(c3ccc(F)cc3)CC2)CC1. The van der Waals surface area contributed by atoms with E-state index in [4.69, 9.17) is 5.26 Å². The van der Waals surface area contributed by atoms with Gasteiger partial charge in [0.05, 0.1) is 0 Å². The van der Waals surface area contributed by atoms with E-state index in [2.05, 4.69) is 0 Å². The van der Waals surface area contributed by atoms with Gasteiger partial charge in [0, 0.05) is 0 Å². The molecule has 0 unspecified atom stereocenters. The van der Waals surface area contributed by atoms with Crippen LogP contribution in [0.25, 0.3) is 0 Å². The van der Waals surface area contributed by atoms with Crippen molar-refractivity contribution in [1.29, 1.82) is 5.26 Å². The molecule has 1 aromatic carbocycles. The third-order valence-electron chi connectivity index (χ3n) is 7.63. The fourth-order valence-electron chi connectivity index (χ4n) is 5.69. The highest BCUT2D eigenvalue weighted by molar-refractivity contribution is 5.20. The van der Waals surface area contributed by atoms with Crippen molar-refractivity contribution >= 4 is 0 Å². The molecule has 0 heterocycles. The van der Waals surface area contributed by atoms with Gasteiger partial charge < -0.3 is 0 Å². The number of hydrogen-bond acceptors (Lipinski definition) is 1. The van der Waals surface area contributed by atoms with E-state index >= 15 is 0 Å². The second-order valence-corrected chi connectivity index (χ2v) is 9.68. The summed E-state index contributed by atoms with van der Waals surface area (Å²) >= 11 is 0. The minimum atomic E-state index is -0.632. The molecule has 3 rings (SSSR count). The molecule has 0 aromatic heterocycles. The lowest BCUT2D eigenvalue weighted by molar-refractivity contribution is 0.244. The van der Waals surface area contributed by atoms with E-state index in [0.29, 0.717) is 12.3 Å². The number of rotatable bonds is 9. The fraction of sp³-hybridized carbons (Fsp3) is 0.667. The van der Waals surface area contributed by atoms with E-state index in [-0.39, 0.29) is 5.82 Å². The zero-order chi connectivity index (χ0) is 21.2. The Bertz CT molecular complexity index is 687. The highest BCUT2D eigenvalue weighted by Gasteiger charge is 2.23. The molecule has 2 fully saturated rings. The smallest absolute Gasteiger partial charge is 0.196 e. The molecule has 0 aliphatic heterocycles. The summed E-state index contributed by atoms with van der Waals surface area (Å²) in [4.78, 5) is 0. The Morgan fingerprint density at radius 1 is 0.833 bits per heavy atom. The van der Waals surface area contributed by atoms with E-state index in [1.54, 1.807) is 18.2 Å². The Balaban J connectivity index is 1.23. The van der Waals surface area contributed by atoms with Crippen molar-refractivity contribution in [3.8, 4) is 6.07 Å². The third-order valence-corrected chi connectivity index (χ3v) is 7.63. The third kappa shape index (κ3) is 7.53. The van der Waals surface area contributed by atoms with Crippen molar-refractivity contribution in [1.82, 2.24) is 0 Å². The topological polar surface area (TPSA) is 23.8 Å². The summed E-state index contributed by atoms with van der Waals surface area (Å²) < 4.78 is 26.0. The number of nitrogens with zero attached hydrogens (tertiary/aromatic N) is 1. The summed E-state index contributed by atoms with van der Waals surface area (Å²) in [6, 6.07) is 8.69. The number of unbranched alkanes of at least 4 members (excludes halogenated alkanes) is 1. The van der Waals surface area contributed by atoms with Crippen LogP contribution >= 0.6 is 0 Å². The lowest BCUT2D eigenvalue weighted by Gasteiger charge is -2.30. The van der Waals surface area contributed by atoms with Crippen molar-refractivity contribution in [2.45, 2.75) is 95.8 Å². The molecule has 2 aliphatic carbocycles. The highest BCUT2D eigenvalue weighted by atomic mass is 19.1. The number of halogens is 2. The lowest BCUT2D eigenvalue weighted by atomic mass is 9.76. The van der Waals surface area contributed by atoms with Gasteiger partial charge in [0.1, 0.15) is 11.9 Å². The summed E-state index contributed by atoms with van der Waals surface area (Å²) in [6.45, 7) is 0. The van der Waals surface area contributed by atoms with Crippen molar-refractivity contribution < 1.29 is 8.78 Å². The quantitative estimate of drug-likeness (QED) is 0.293. The first-order chi connectivity index (χ1) is 14.6. The zero-order valence-corrected chi connectivity index (χ0v) is 18.3. The highest BCUT2D eigenvalue weighted by Crippen LogP contribution is 2.38. The van der Waals surface area contributed by atoms with Gasteiger partial charge in [-0.25, -0.2) is 4.39 Å². The molecule has 0 spiro atoms. The summed E-state index contributed by atoms with van der Waals surface area (Å²) in [6.07, 6.45) is 19.1. The molecule has 1 nitrogen and oxygen atoms in total. The van der Waals surface area contributed by atoms with Gasteiger partial charge in [-0.2, -0.15) is 9.65 Å². The molecule has 0 N–H and O–H groups in total. The molecule has 30 heavy (non-hydrogen) atoms. The zero-order valence-electron chi connectivity index (χ0n) is 18.3. The molecule has 0 atom stereocenters. The van der Waals surface area contributed by atoms with Crippen molar-refractivity contribution in [2.75, 3.05) is 0 Å². The summed E-state index contributed by atoms with van der Waals surface area (Å²) in [5, 5.41) is 8.45. The first-order valence-corrected chi connectivity index (χ1v) is 12.1. The van der Waals surface area contributed by atoms with Crippen LogP contribution in [-0.2, 0) is 0 Å². The molecule has 2 aliphatic rings. The van der Waals surface area contributed by atoms with Gasteiger partial charge in [0.2, 0.25) is 0 Å². The Hall–Kier alpha value is -1.69. The largest absolute Gasteiger partial charge is 0.207 e. The minimum absolute atomic E-state index is 0.135. The Morgan fingerprint density at radius 3 is 1.87 bits per heavy atom. The van der Waals surface area contributed by atoms with Crippen LogP contribution in [0.5, 0.6) is 0 Å². The molecule has 0 saturated heterocycles. The molecule has 3 heteroatoms. The maximum absolute atomic E-state index is 13.1. The molecular weight excluding hydrogens is 376 g/mol. The maximum atomic E-state index is 13.1. The summed E-state index contributed by atoms with van der Waals surface area (Å²) in [5.74, 6) is 2.36. The number of allylic oxidation sites excluding steroid dienone is 2. The molecule has 1 aromatic rings. The number of benzene rings is 1. The average molecular weight is 414 g/mol. The first-order valence-electron chi connectivity index (χ1n) is 12.1. The predicted octanol–water partition coefficient (Wildman–Crippen LogP) is 8.62. The molecule has 0 bridgehead atoms. The van der Waals surface area contributed by atoms with Gasteiger partial charge in [0.15, 0.2) is 5.83 Å². The van der Waals surface area contributed by atoms with Crippen molar-refractivity contribution in [2.24, 2.45) is 17.8 Å². The normalized spacial score (nSPS) is 27.6. The van der Waals surface area contributed by atoms with Crippen LogP contribution in [-0.4, -0.2) is 0 Å². The van der Waals surface area contributed by atoms with Crippen LogP contribution in [0, 0.1) is 34.9 Å². The first kappa shape index (κ1) is 23.0. The Morgan fingerprint density at radius 2 is 1.33 bits per heavy atom. The summed E-state index contributed by atoms with van der Waals surface area (Å²) in [5.41, 5.74) is 1.32. The molecule has 164 valence electrons. The second kappa shape index (κ2) is 12.2. The van der Waals surface area contributed by atoms with Crippen LogP contribution in [0.2, 0.25) is 0 Å². The summed E-state index contributed by atoms with van der Waals surface area (Å²) in [7, 11) is 0. The number of nitriles is 1. The van der Waals surface area contributed by atoms with E-state index in [0.717, 1.165) is 24.2 Å². The predicted molar refractivity (Wildman–Crippen MR) is 119 cm³/mol. The lowest BCUT2D eigenvalue weighted by Crippen LogP contribution is -2.15. The monoisotopic (exact) mass is 413 g/mol. The van der Waals surface area contributed by atoms with Gasteiger partial charge in [-0.3, -0.25) is 0 Å². The van der Waals surface area contributed by atoms with Gasteiger partial charge >= 0.3 is 0 Å². The van der Waals surface area contributed by atoms with E-state index < -0.39 is 5.83 Å². The van der Waals surface area contributed by atoms with Gasteiger partial charge in [-0.15, -0.1) is 0 Å². The Kier molecular flexibility index (Phi) is 9.37. The molecule has 0 amide bonds. The molecule has 2 saturated carbocycles. The maximum Gasteiger partial charge on any atom is 0.196 e. The second-order valence-electron chi connectivity index (χ2n) is 9.68. The van der Waals surface area contributed by atoms with E-state index in [9.17, 15) is 8.78 Å². The van der Waals surface area contributed by atoms with Crippen molar-refractivity contribution in [3.05, 3.63) is 47.5 Å². The van der Waals surface area contributed by atoms with Gasteiger partial charge in [-0.1, -0.05) is 63.5 Å². The van der Waals surface area contributed by atoms with Crippen LogP contribution in [0.3, 0.4) is 0 Å². The minimum Gasteiger partial charge on any atom is -0.207 e. The standard InChI is InChI=1S/C27H37F2N/c28-26-18-16-25(17-19-26)24-14-12-22(13-15-24)5-2-1-4-21-8-10-23(11-9-21)6-3-7-27(29)20-30/h7,16-19,21-24H,1-6,8-15H2. The van der Waals surface area contributed by atoms with E-state index in [1.807, 2.05) is 12.1 Å². The average Bonchev–Trinajstić information content (AvgIpc) is 2.78. The van der Waals surface area contributed by atoms with Crippen LogP contribution in [0.1, 0.15) is 101 Å². The van der Waals surface area contributed by atoms with E-state index in [1.165, 1.54) is 88.7 Å². The van der Waals surface area contributed by atoms with Gasteiger partial charge in [0.25, 0.3) is 0 Å². The van der Waals surface area contributed by atoms with Crippen LogP contribution < -0.4 is 0 Å².